The van der Waals surface area contributed by atoms with Crippen LogP contribution in [0.4, 0.5) is 0 Å². The van der Waals surface area contributed by atoms with Crippen LogP contribution in [0.15, 0.2) is 24.3 Å². The number of hydrogen-bond donors (Lipinski definition) is 1. The Balaban J connectivity index is 1.67. The quantitative estimate of drug-likeness (QED) is 0.677. The lowest BCUT2D eigenvalue weighted by Gasteiger charge is -2.26. The molecule has 1 aromatic rings. The van der Waals surface area contributed by atoms with Crippen LogP contribution in [0.3, 0.4) is 0 Å². The second-order valence-corrected chi connectivity index (χ2v) is 6.52. The van der Waals surface area contributed by atoms with Crippen LogP contribution in [-0.4, -0.2) is 12.3 Å². The smallest absolute Gasteiger partial charge is 0.0415 e. The van der Waals surface area contributed by atoms with Crippen LogP contribution in [0.5, 0.6) is 0 Å². The van der Waals surface area contributed by atoms with Gasteiger partial charge >= 0.3 is 0 Å². The maximum atomic E-state index is 3.75. The molecule has 1 atom stereocenters. The zero-order chi connectivity index (χ0) is 13.3. The SMILES string of the molecule is CCCCCCCCNC1CSCc2ccccc21. The summed E-state index contributed by atoms with van der Waals surface area (Å²) >= 11 is 2.06. The summed E-state index contributed by atoms with van der Waals surface area (Å²) in [6.45, 7) is 3.45. The third kappa shape index (κ3) is 4.85. The van der Waals surface area contributed by atoms with Crippen molar-refractivity contribution in [2.45, 2.75) is 57.2 Å². The predicted molar refractivity (Wildman–Crippen MR) is 86.7 cm³/mol. The number of benzene rings is 1. The van der Waals surface area contributed by atoms with Gasteiger partial charge in [0.05, 0.1) is 0 Å². The second-order valence-electron chi connectivity index (χ2n) is 5.49. The van der Waals surface area contributed by atoms with Crippen LogP contribution in [0.2, 0.25) is 0 Å². The van der Waals surface area contributed by atoms with E-state index in [0.29, 0.717) is 6.04 Å². The van der Waals surface area contributed by atoms with Gasteiger partial charge in [0.15, 0.2) is 0 Å². The molecule has 19 heavy (non-hydrogen) atoms. The molecule has 0 radical (unpaired) electrons. The molecule has 1 heterocycles. The molecule has 1 aliphatic rings. The highest BCUT2D eigenvalue weighted by Gasteiger charge is 2.18. The van der Waals surface area contributed by atoms with Crippen molar-refractivity contribution in [2.75, 3.05) is 12.3 Å². The van der Waals surface area contributed by atoms with Crippen molar-refractivity contribution in [3.05, 3.63) is 35.4 Å². The molecular formula is C17H27NS. The topological polar surface area (TPSA) is 12.0 Å². The van der Waals surface area contributed by atoms with Gasteiger partial charge in [-0.1, -0.05) is 63.3 Å². The van der Waals surface area contributed by atoms with Gasteiger partial charge in [-0.05, 0) is 24.1 Å². The fourth-order valence-electron chi connectivity index (χ4n) is 2.73. The molecule has 1 nitrogen and oxygen atoms in total. The highest BCUT2D eigenvalue weighted by Crippen LogP contribution is 2.31. The second kappa shape index (κ2) is 8.65. The van der Waals surface area contributed by atoms with Gasteiger partial charge in [0.1, 0.15) is 0 Å². The first-order valence-corrected chi connectivity index (χ1v) is 8.96. The van der Waals surface area contributed by atoms with Crippen molar-refractivity contribution < 1.29 is 0 Å². The minimum atomic E-state index is 0.575. The molecule has 1 N–H and O–H groups in total. The van der Waals surface area contributed by atoms with E-state index in [0.717, 1.165) is 0 Å². The molecule has 106 valence electrons. The van der Waals surface area contributed by atoms with Crippen LogP contribution in [-0.2, 0) is 5.75 Å². The van der Waals surface area contributed by atoms with Gasteiger partial charge in [0, 0.05) is 17.5 Å². The summed E-state index contributed by atoms with van der Waals surface area (Å²) in [4.78, 5) is 0. The summed E-state index contributed by atoms with van der Waals surface area (Å²) in [6, 6.07) is 9.49. The Hall–Kier alpha value is -0.470. The van der Waals surface area contributed by atoms with E-state index in [1.165, 1.54) is 67.7 Å². The van der Waals surface area contributed by atoms with E-state index in [4.69, 9.17) is 0 Å². The average molecular weight is 277 g/mol. The van der Waals surface area contributed by atoms with E-state index in [1.807, 2.05) is 0 Å². The van der Waals surface area contributed by atoms with Crippen molar-refractivity contribution in [3.8, 4) is 0 Å². The van der Waals surface area contributed by atoms with E-state index < -0.39 is 0 Å². The van der Waals surface area contributed by atoms with Crippen LogP contribution < -0.4 is 5.32 Å². The normalized spacial score (nSPS) is 18.3. The Labute approximate surface area is 122 Å². The van der Waals surface area contributed by atoms with E-state index in [9.17, 15) is 0 Å². The zero-order valence-electron chi connectivity index (χ0n) is 12.2. The van der Waals surface area contributed by atoms with Crippen molar-refractivity contribution in [1.82, 2.24) is 5.32 Å². The number of nitrogens with one attached hydrogen (secondary N) is 1. The average Bonchev–Trinajstić information content (AvgIpc) is 2.46. The summed E-state index contributed by atoms with van der Waals surface area (Å²) < 4.78 is 0. The first kappa shape index (κ1) is 14.9. The summed E-state index contributed by atoms with van der Waals surface area (Å²) in [5, 5.41) is 3.75. The molecule has 0 saturated carbocycles. The van der Waals surface area contributed by atoms with Crippen LogP contribution in [0, 0.1) is 0 Å². The molecule has 0 bridgehead atoms. The summed E-state index contributed by atoms with van der Waals surface area (Å²) in [5.74, 6) is 2.41. The first-order valence-electron chi connectivity index (χ1n) is 7.80. The molecule has 1 aromatic carbocycles. The number of unbranched alkanes of at least 4 members (excludes halogenated alkanes) is 5. The van der Waals surface area contributed by atoms with E-state index in [-0.39, 0.29) is 0 Å². The Morgan fingerprint density at radius 1 is 1.11 bits per heavy atom. The molecule has 0 amide bonds. The fourth-order valence-corrected chi connectivity index (χ4v) is 3.87. The molecule has 0 fully saturated rings. The molecule has 2 rings (SSSR count). The Kier molecular flexibility index (Phi) is 6.80. The van der Waals surface area contributed by atoms with Crippen LogP contribution >= 0.6 is 11.8 Å². The maximum Gasteiger partial charge on any atom is 0.0415 e. The molecule has 0 saturated heterocycles. The van der Waals surface area contributed by atoms with Gasteiger partial charge in [-0.25, -0.2) is 0 Å². The number of fused-ring (bicyclic) bond motifs is 1. The lowest BCUT2D eigenvalue weighted by atomic mass is 10.0. The zero-order valence-corrected chi connectivity index (χ0v) is 13.0. The van der Waals surface area contributed by atoms with Gasteiger partial charge in [0.2, 0.25) is 0 Å². The van der Waals surface area contributed by atoms with Crippen molar-refractivity contribution >= 4 is 11.8 Å². The first-order chi connectivity index (χ1) is 9.42. The highest BCUT2D eigenvalue weighted by molar-refractivity contribution is 7.98. The standard InChI is InChI=1S/C17H27NS/c1-2-3-4-5-6-9-12-18-17-14-19-13-15-10-7-8-11-16(15)17/h7-8,10-11,17-18H,2-6,9,12-14H2,1H3. The Bertz CT molecular complexity index is 364. The van der Waals surface area contributed by atoms with Crippen molar-refractivity contribution in [3.63, 3.8) is 0 Å². The number of rotatable bonds is 8. The third-order valence-corrected chi connectivity index (χ3v) is 4.98. The van der Waals surface area contributed by atoms with Gasteiger partial charge in [-0.3, -0.25) is 0 Å². The van der Waals surface area contributed by atoms with Crippen molar-refractivity contribution in [2.24, 2.45) is 0 Å². The van der Waals surface area contributed by atoms with Gasteiger partial charge in [-0.15, -0.1) is 0 Å². The monoisotopic (exact) mass is 277 g/mol. The summed E-state index contributed by atoms with van der Waals surface area (Å²) in [6.07, 6.45) is 8.28. The molecule has 0 aromatic heterocycles. The Morgan fingerprint density at radius 3 is 2.79 bits per heavy atom. The van der Waals surface area contributed by atoms with Crippen LogP contribution in [0.1, 0.15) is 62.6 Å². The fraction of sp³-hybridized carbons (Fsp3) is 0.647. The van der Waals surface area contributed by atoms with Crippen LogP contribution in [0.25, 0.3) is 0 Å². The highest BCUT2D eigenvalue weighted by atomic mass is 32.2. The summed E-state index contributed by atoms with van der Waals surface area (Å²) in [5.41, 5.74) is 3.06. The van der Waals surface area contributed by atoms with Gasteiger partial charge in [-0.2, -0.15) is 11.8 Å². The van der Waals surface area contributed by atoms with E-state index in [1.54, 1.807) is 0 Å². The molecule has 0 spiro atoms. The maximum absolute atomic E-state index is 3.75. The van der Waals surface area contributed by atoms with E-state index in [2.05, 4.69) is 48.3 Å². The molecule has 1 unspecified atom stereocenters. The van der Waals surface area contributed by atoms with Gasteiger partial charge in [0.25, 0.3) is 0 Å². The van der Waals surface area contributed by atoms with Crippen molar-refractivity contribution in [1.29, 1.82) is 0 Å². The molecule has 1 aliphatic heterocycles. The molecular weight excluding hydrogens is 250 g/mol. The minimum absolute atomic E-state index is 0.575. The third-order valence-electron chi connectivity index (χ3n) is 3.89. The molecule has 0 aliphatic carbocycles. The van der Waals surface area contributed by atoms with Gasteiger partial charge < -0.3 is 5.32 Å². The number of thioether (sulfide) groups is 1. The molecule has 2 heteroatoms. The summed E-state index contributed by atoms with van der Waals surface area (Å²) in [7, 11) is 0. The van der Waals surface area contributed by atoms with E-state index >= 15 is 0 Å². The largest absolute Gasteiger partial charge is 0.309 e. The predicted octanol–water partition coefficient (Wildman–Crippen LogP) is 4.92. The minimum Gasteiger partial charge on any atom is -0.309 e. The Morgan fingerprint density at radius 2 is 1.89 bits per heavy atom. The lowest BCUT2D eigenvalue weighted by Crippen LogP contribution is -2.27. The lowest BCUT2D eigenvalue weighted by molar-refractivity contribution is 0.528. The number of hydrogen-bond acceptors (Lipinski definition) is 2.